The van der Waals surface area contributed by atoms with Crippen LogP contribution in [0.15, 0.2) is 52.9 Å². The third-order valence-electron chi connectivity index (χ3n) is 4.13. The molecule has 0 atom stereocenters. The highest BCUT2D eigenvalue weighted by atomic mass is 28.3. The molecule has 0 aliphatic carbocycles. The van der Waals surface area contributed by atoms with Gasteiger partial charge in [0.25, 0.3) is 0 Å². The smallest absolute Gasteiger partial charge is 0.248 e. The van der Waals surface area contributed by atoms with Crippen LogP contribution in [0.4, 0.5) is 0 Å². The maximum atomic E-state index is 5.87. The fourth-order valence-corrected chi connectivity index (χ4v) is 3.35. The second-order valence-corrected chi connectivity index (χ2v) is 9.89. The van der Waals surface area contributed by atoms with Gasteiger partial charge in [0.15, 0.2) is 0 Å². The Hall–Kier alpha value is -2.20. The van der Waals surface area contributed by atoms with Crippen molar-refractivity contribution in [3.05, 3.63) is 54.1 Å². The Morgan fingerprint density at radius 3 is 1.62 bits per heavy atom. The Morgan fingerprint density at radius 1 is 0.750 bits per heavy atom. The molecule has 0 bridgehead atoms. The van der Waals surface area contributed by atoms with Crippen molar-refractivity contribution in [1.29, 1.82) is 0 Å². The summed E-state index contributed by atoms with van der Waals surface area (Å²) in [6, 6.07) is 16.8. The predicted octanol–water partition coefficient (Wildman–Crippen LogP) is 4.66. The van der Waals surface area contributed by atoms with Crippen molar-refractivity contribution in [2.24, 2.45) is 0 Å². The lowest BCUT2D eigenvalue weighted by Gasteiger charge is -2.18. The fourth-order valence-electron chi connectivity index (χ4n) is 2.52. The van der Waals surface area contributed by atoms with Gasteiger partial charge in [0, 0.05) is 11.1 Å². The van der Waals surface area contributed by atoms with Gasteiger partial charge in [-0.3, -0.25) is 0 Å². The van der Waals surface area contributed by atoms with E-state index in [2.05, 4.69) is 80.5 Å². The number of rotatable bonds is 3. The molecule has 3 rings (SSSR count). The molecule has 3 aromatic rings. The van der Waals surface area contributed by atoms with Gasteiger partial charge in [-0.1, -0.05) is 63.3 Å². The van der Waals surface area contributed by atoms with Crippen molar-refractivity contribution < 1.29 is 4.42 Å². The van der Waals surface area contributed by atoms with E-state index in [1.54, 1.807) is 0 Å². The van der Waals surface area contributed by atoms with Crippen LogP contribution in [0.3, 0.4) is 0 Å². The van der Waals surface area contributed by atoms with Crippen LogP contribution in [-0.4, -0.2) is 19.0 Å². The Morgan fingerprint density at radius 2 is 1.21 bits per heavy atom. The van der Waals surface area contributed by atoms with Crippen molar-refractivity contribution in [3.63, 3.8) is 0 Å². The quantitative estimate of drug-likeness (QED) is 0.653. The molecule has 1 radical (unpaired) electrons. The van der Waals surface area contributed by atoms with E-state index in [4.69, 9.17) is 4.42 Å². The zero-order chi connectivity index (χ0) is 17.3. The van der Waals surface area contributed by atoms with E-state index < -0.39 is 8.80 Å². The average molecular weight is 336 g/mol. The number of nitrogens with zero attached hydrogens (tertiary/aromatic N) is 2. The summed E-state index contributed by atoms with van der Waals surface area (Å²) in [7, 11) is -0.430. The maximum Gasteiger partial charge on any atom is 0.248 e. The van der Waals surface area contributed by atoms with E-state index in [1.807, 2.05) is 12.1 Å². The highest BCUT2D eigenvalue weighted by molar-refractivity contribution is 6.70. The molecule has 24 heavy (non-hydrogen) atoms. The zero-order valence-electron chi connectivity index (χ0n) is 14.9. The molecule has 0 fully saturated rings. The molecule has 1 heterocycles. The monoisotopic (exact) mass is 335 g/mol. The van der Waals surface area contributed by atoms with Crippen molar-refractivity contribution in [3.8, 4) is 22.9 Å². The topological polar surface area (TPSA) is 38.9 Å². The summed E-state index contributed by atoms with van der Waals surface area (Å²) in [6.07, 6.45) is 0. The Balaban J connectivity index is 1.85. The molecule has 3 nitrogen and oxygen atoms in total. The summed E-state index contributed by atoms with van der Waals surface area (Å²) in [5, 5.41) is 9.81. The van der Waals surface area contributed by atoms with E-state index in [9.17, 15) is 0 Å². The Kier molecular flexibility index (Phi) is 4.41. The minimum Gasteiger partial charge on any atom is -0.416 e. The maximum absolute atomic E-state index is 5.87. The SMILES string of the molecule is C[Si](C)c1ccc(-c2nnc(-c3ccc(C(C)(C)C)cc3)o2)cc1. The normalized spacial score (nSPS) is 11.9. The van der Waals surface area contributed by atoms with Crippen LogP contribution in [0.2, 0.25) is 13.1 Å². The van der Waals surface area contributed by atoms with Gasteiger partial charge in [0.05, 0.1) is 8.80 Å². The van der Waals surface area contributed by atoms with E-state index in [0.717, 1.165) is 11.1 Å². The van der Waals surface area contributed by atoms with E-state index in [1.165, 1.54) is 10.8 Å². The first-order valence-electron chi connectivity index (χ1n) is 8.20. The average Bonchev–Trinajstić information content (AvgIpc) is 3.04. The first-order chi connectivity index (χ1) is 11.3. The van der Waals surface area contributed by atoms with Crippen LogP contribution < -0.4 is 5.19 Å². The molecular weight excluding hydrogens is 312 g/mol. The van der Waals surface area contributed by atoms with Crippen LogP contribution >= 0.6 is 0 Å². The Bertz CT molecular complexity index is 812. The molecule has 0 spiro atoms. The van der Waals surface area contributed by atoms with E-state index in [-0.39, 0.29) is 5.41 Å². The Labute approximate surface area is 145 Å². The van der Waals surface area contributed by atoms with Gasteiger partial charge < -0.3 is 4.42 Å². The lowest BCUT2D eigenvalue weighted by molar-refractivity contribution is 0.582. The summed E-state index contributed by atoms with van der Waals surface area (Å²) in [6.45, 7) is 11.2. The zero-order valence-corrected chi connectivity index (χ0v) is 15.9. The predicted molar refractivity (Wildman–Crippen MR) is 101 cm³/mol. The van der Waals surface area contributed by atoms with Gasteiger partial charge >= 0.3 is 0 Å². The van der Waals surface area contributed by atoms with Crippen LogP contribution in [-0.2, 0) is 5.41 Å². The molecule has 0 amide bonds. The lowest BCUT2D eigenvalue weighted by Crippen LogP contribution is -2.21. The number of hydrogen-bond donors (Lipinski definition) is 0. The molecular formula is C20H23N2OSi. The molecule has 0 saturated heterocycles. The largest absolute Gasteiger partial charge is 0.416 e. The molecule has 0 unspecified atom stereocenters. The van der Waals surface area contributed by atoms with Crippen molar-refractivity contribution in [2.75, 3.05) is 0 Å². The summed E-state index contributed by atoms with van der Waals surface area (Å²) in [4.78, 5) is 0. The highest BCUT2D eigenvalue weighted by Crippen LogP contribution is 2.27. The van der Waals surface area contributed by atoms with Crippen LogP contribution in [0.1, 0.15) is 26.3 Å². The minimum atomic E-state index is -0.430. The second-order valence-electron chi connectivity index (χ2n) is 7.32. The van der Waals surface area contributed by atoms with E-state index in [0.29, 0.717) is 11.8 Å². The molecule has 1 aromatic heterocycles. The van der Waals surface area contributed by atoms with Gasteiger partial charge in [-0.15, -0.1) is 10.2 Å². The number of aromatic nitrogens is 2. The van der Waals surface area contributed by atoms with Gasteiger partial charge in [0.2, 0.25) is 11.8 Å². The standard InChI is InChI=1S/C20H23N2OSi/c1-20(2,3)16-10-6-14(7-11-16)18-21-22-19(23-18)15-8-12-17(13-9-15)24(4)5/h6-13H,1-5H3. The molecule has 123 valence electrons. The fraction of sp³-hybridized carbons (Fsp3) is 0.300. The third kappa shape index (κ3) is 3.49. The van der Waals surface area contributed by atoms with Crippen LogP contribution in [0.5, 0.6) is 0 Å². The summed E-state index contributed by atoms with van der Waals surface area (Å²) >= 11 is 0. The van der Waals surface area contributed by atoms with Gasteiger partial charge in [-0.05, 0) is 35.2 Å². The third-order valence-corrected chi connectivity index (χ3v) is 5.62. The van der Waals surface area contributed by atoms with Crippen LogP contribution in [0.25, 0.3) is 22.9 Å². The summed E-state index contributed by atoms with van der Waals surface area (Å²) in [5.74, 6) is 1.13. The molecule has 0 saturated carbocycles. The first kappa shape index (κ1) is 16.6. The van der Waals surface area contributed by atoms with Gasteiger partial charge in [-0.2, -0.15) is 0 Å². The van der Waals surface area contributed by atoms with Crippen molar-refractivity contribution in [1.82, 2.24) is 10.2 Å². The molecule has 4 heteroatoms. The van der Waals surface area contributed by atoms with Crippen LogP contribution in [0, 0.1) is 0 Å². The lowest BCUT2D eigenvalue weighted by atomic mass is 9.87. The second kappa shape index (κ2) is 6.36. The molecule has 0 aliphatic rings. The minimum absolute atomic E-state index is 0.138. The van der Waals surface area contributed by atoms with Crippen molar-refractivity contribution in [2.45, 2.75) is 39.3 Å². The summed E-state index contributed by atoms with van der Waals surface area (Å²) < 4.78 is 5.87. The first-order valence-corrected chi connectivity index (χ1v) is 10.7. The molecule has 0 N–H and O–H groups in total. The highest BCUT2D eigenvalue weighted by Gasteiger charge is 2.15. The number of benzene rings is 2. The van der Waals surface area contributed by atoms with Gasteiger partial charge in [-0.25, -0.2) is 0 Å². The van der Waals surface area contributed by atoms with Crippen molar-refractivity contribution >= 4 is 14.0 Å². The molecule has 2 aromatic carbocycles. The summed E-state index contributed by atoms with van der Waals surface area (Å²) in [5.41, 5.74) is 3.34. The van der Waals surface area contributed by atoms with E-state index >= 15 is 0 Å². The van der Waals surface area contributed by atoms with Gasteiger partial charge in [0.1, 0.15) is 0 Å². The number of hydrogen-bond acceptors (Lipinski definition) is 3. The molecule has 0 aliphatic heterocycles.